The van der Waals surface area contributed by atoms with Crippen LogP contribution in [0.3, 0.4) is 0 Å². The first-order valence-electron chi connectivity index (χ1n) is 6.68. The number of nitrogens with one attached hydrogen (secondary N) is 1. The second kappa shape index (κ2) is 6.37. The van der Waals surface area contributed by atoms with Crippen molar-refractivity contribution in [2.24, 2.45) is 5.10 Å². The molecule has 0 unspecified atom stereocenters. The normalized spacial score (nSPS) is 11.0. The Morgan fingerprint density at radius 3 is 2.52 bits per heavy atom. The third kappa shape index (κ3) is 3.41. The Morgan fingerprint density at radius 1 is 1.00 bits per heavy atom. The Kier molecular flexibility index (Phi) is 4.11. The molecule has 0 atom stereocenters. The fourth-order valence-electron chi connectivity index (χ4n) is 1.91. The lowest BCUT2D eigenvalue weighted by Gasteiger charge is -2.02. The second-order valence-electron chi connectivity index (χ2n) is 4.67. The summed E-state index contributed by atoms with van der Waals surface area (Å²) < 4.78 is 0. The molecule has 0 aliphatic carbocycles. The van der Waals surface area contributed by atoms with Crippen molar-refractivity contribution in [2.75, 3.05) is 5.43 Å². The van der Waals surface area contributed by atoms with Crippen molar-refractivity contribution in [3.8, 4) is 28.5 Å². The molecule has 3 aromatic rings. The van der Waals surface area contributed by atoms with Gasteiger partial charge in [0.15, 0.2) is 11.5 Å². The van der Waals surface area contributed by atoms with E-state index in [0.717, 1.165) is 17.3 Å². The van der Waals surface area contributed by atoms with Crippen LogP contribution in [-0.4, -0.2) is 26.5 Å². The maximum atomic E-state index is 9.66. The molecule has 4 N–H and O–H groups in total. The van der Waals surface area contributed by atoms with E-state index in [9.17, 15) is 15.3 Å². The fourth-order valence-corrected chi connectivity index (χ4v) is 2.58. The first-order valence-corrected chi connectivity index (χ1v) is 7.56. The molecular weight excluding hydrogens is 314 g/mol. The number of rotatable bonds is 4. The molecular formula is C16H13N3O3S. The van der Waals surface area contributed by atoms with Crippen LogP contribution in [0.2, 0.25) is 0 Å². The van der Waals surface area contributed by atoms with Crippen LogP contribution in [0.15, 0.2) is 52.9 Å². The summed E-state index contributed by atoms with van der Waals surface area (Å²) in [5.74, 6) is -0.903. The van der Waals surface area contributed by atoms with Crippen molar-refractivity contribution in [2.45, 2.75) is 0 Å². The van der Waals surface area contributed by atoms with Crippen LogP contribution in [0, 0.1) is 0 Å². The zero-order valence-corrected chi connectivity index (χ0v) is 12.7. The summed E-state index contributed by atoms with van der Waals surface area (Å²) in [6.07, 6.45) is 1.33. The standard InChI is InChI=1S/C16H13N3O3S/c20-13-7-15(22)14(21)6-11(13)8-17-19-16-18-12(9-23-16)10-4-2-1-3-5-10/h1-9,20-22H,(H,18,19). The molecule has 0 fully saturated rings. The van der Waals surface area contributed by atoms with Gasteiger partial charge in [-0.15, -0.1) is 11.3 Å². The molecule has 116 valence electrons. The molecule has 23 heavy (non-hydrogen) atoms. The van der Waals surface area contributed by atoms with E-state index in [2.05, 4.69) is 15.5 Å². The van der Waals surface area contributed by atoms with E-state index >= 15 is 0 Å². The molecule has 1 heterocycles. The molecule has 0 radical (unpaired) electrons. The van der Waals surface area contributed by atoms with Crippen molar-refractivity contribution in [3.63, 3.8) is 0 Å². The van der Waals surface area contributed by atoms with Gasteiger partial charge in [-0.05, 0) is 6.07 Å². The molecule has 0 aliphatic rings. The highest BCUT2D eigenvalue weighted by Crippen LogP contribution is 2.31. The Labute approximate surface area is 136 Å². The topological polar surface area (TPSA) is 98.0 Å². The Bertz CT molecular complexity index is 847. The largest absolute Gasteiger partial charge is 0.507 e. The first-order chi connectivity index (χ1) is 11.1. The van der Waals surface area contributed by atoms with Gasteiger partial charge >= 0.3 is 0 Å². The fraction of sp³-hybridized carbons (Fsp3) is 0. The minimum atomic E-state index is -0.389. The van der Waals surface area contributed by atoms with E-state index < -0.39 is 0 Å². The number of hydrogen-bond donors (Lipinski definition) is 4. The van der Waals surface area contributed by atoms with Crippen molar-refractivity contribution >= 4 is 22.7 Å². The number of hydrazone groups is 1. The average molecular weight is 327 g/mol. The maximum Gasteiger partial charge on any atom is 0.203 e. The number of benzene rings is 2. The van der Waals surface area contributed by atoms with Crippen LogP contribution < -0.4 is 5.43 Å². The van der Waals surface area contributed by atoms with Crippen LogP contribution in [0.5, 0.6) is 17.2 Å². The minimum Gasteiger partial charge on any atom is -0.507 e. The van der Waals surface area contributed by atoms with Gasteiger partial charge in [0, 0.05) is 22.6 Å². The van der Waals surface area contributed by atoms with E-state index in [-0.39, 0.29) is 22.8 Å². The number of nitrogens with zero attached hydrogens (tertiary/aromatic N) is 2. The van der Waals surface area contributed by atoms with Gasteiger partial charge < -0.3 is 15.3 Å². The van der Waals surface area contributed by atoms with E-state index in [0.29, 0.717) is 5.13 Å². The molecule has 0 spiro atoms. The molecule has 0 bridgehead atoms. The maximum absolute atomic E-state index is 9.66. The quantitative estimate of drug-likeness (QED) is 0.255. The van der Waals surface area contributed by atoms with E-state index in [1.165, 1.54) is 23.6 Å². The van der Waals surface area contributed by atoms with Gasteiger partial charge in [-0.2, -0.15) is 5.10 Å². The number of phenols is 3. The van der Waals surface area contributed by atoms with Gasteiger partial charge in [-0.25, -0.2) is 4.98 Å². The van der Waals surface area contributed by atoms with Crippen molar-refractivity contribution in [1.82, 2.24) is 4.98 Å². The van der Waals surface area contributed by atoms with Gasteiger partial charge in [0.2, 0.25) is 5.13 Å². The van der Waals surface area contributed by atoms with Gasteiger partial charge in [0.25, 0.3) is 0 Å². The lowest BCUT2D eigenvalue weighted by atomic mass is 10.2. The molecule has 0 saturated heterocycles. The highest BCUT2D eigenvalue weighted by Gasteiger charge is 2.06. The number of phenolic OH excluding ortho intramolecular Hbond substituents is 3. The first kappa shape index (κ1) is 14.9. The summed E-state index contributed by atoms with van der Waals surface area (Å²) in [4.78, 5) is 4.41. The summed E-state index contributed by atoms with van der Waals surface area (Å²) in [7, 11) is 0. The second-order valence-corrected chi connectivity index (χ2v) is 5.53. The number of anilines is 1. The van der Waals surface area contributed by atoms with Crippen LogP contribution in [0.4, 0.5) is 5.13 Å². The predicted octanol–water partition coefficient (Wildman–Crippen LogP) is 3.37. The van der Waals surface area contributed by atoms with Crippen molar-refractivity contribution in [3.05, 3.63) is 53.4 Å². The smallest absolute Gasteiger partial charge is 0.203 e. The summed E-state index contributed by atoms with van der Waals surface area (Å²) in [5.41, 5.74) is 4.90. The van der Waals surface area contributed by atoms with Gasteiger partial charge in [0.05, 0.1) is 11.9 Å². The Hall–Kier alpha value is -3.06. The molecule has 3 rings (SSSR count). The third-order valence-electron chi connectivity index (χ3n) is 3.06. The lowest BCUT2D eigenvalue weighted by molar-refractivity contribution is 0.396. The lowest BCUT2D eigenvalue weighted by Crippen LogP contribution is -1.91. The Morgan fingerprint density at radius 2 is 1.74 bits per heavy atom. The summed E-state index contributed by atoms with van der Waals surface area (Å²) in [6.45, 7) is 0. The predicted molar refractivity (Wildman–Crippen MR) is 90.2 cm³/mol. The van der Waals surface area contributed by atoms with Gasteiger partial charge in [-0.1, -0.05) is 30.3 Å². The van der Waals surface area contributed by atoms with E-state index in [1.54, 1.807) is 0 Å². The van der Waals surface area contributed by atoms with Gasteiger partial charge in [0.1, 0.15) is 5.75 Å². The Balaban J connectivity index is 1.72. The minimum absolute atomic E-state index is 0.185. The number of aromatic hydroxyl groups is 3. The van der Waals surface area contributed by atoms with Crippen LogP contribution >= 0.6 is 11.3 Å². The van der Waals surface area contributed by atoms with Crippen LogP contribution in [0.25, 0.3) is 11.3 Å². The molecule has 1 aromatic heterocycles. The molecule has 0 amide bonds. The SMILES string of the molecule is Oc1cc(O)c(C=NNc2nc(-c3ccccc3)cs2)cc1O. The zero-order chi connectivity index (χ0) is 16.2. The molecule has 2 aromatic carbocycles. The zero-order valence-electron chi connectivity index (χ0n) is 11.8. The highest BCUT2D eigenvalue weighted by atomic mass is 32.1. The molecule has 7 heteroatoms. The third-order valence-corrected chi connectivity index (χ3v) is 3.81. The number of hydrogen-bond acceptors (Lipinski definition) is 7. The van der Waals surface area contributed by atoms with E-state index in [1.807, 2.05) is 35.7 Å². The molecule has 0 saturated carbocycles. The van der Waals surface area contributed by atoms with Crippen LogP contribution in [-0.2, 0) is 0 Å². The van der Waals surface area contributed by atoms with Crippen molar-refractivity contribution in [1.29, 1.82) is 0 Å². The van der Waals surface area contributed by atoms with Crippen molar-refractivity contribution < 1.29 is 15.3 Å². The summed E-state index contributed by atoms with van der Waals surface area (Å²) in [5, 5.41) is 34.8. The molecule has 6 nitrogen and oxygen atoms in total. The number of thiazole rings is 1. The highest BCUT2D eigenvalue weighted by molar-refractivity contribution is 7.14. The summed E-state index contributed by atoms with van der Waals surface area (Å²) in [6, 6.07) is 12.0. The summed E-state index contributed by atoms with van der Waals surface area (Å²) >= 11 is 1.40. The monoisotopic (exact) mass is 327 g/mol. The number of aromatic nitrogens is 1. The van der Waals surface area contributed by atoms with Crippen LogP contribution in [0.1, 0.15) is 5.56 Å². The average Bonchev–Trinajstić information content (AvgIpc) is 3.02. The molecule has 0 aliphatic heterocycles. The van der Waals surface area contributed by atoms with E-state index in [4.69, 9.17) is 0 Å². The van der Waals surface area contributed by atoms with Gasteiger partial charge in [-0.3, -0.25) is 5.43 Å².